The van der Waals surface area contributed by atoms with E-state index in [4.69, 9.17) is 4.74 Å². The van der Waals surface area contributed by atoms with Gasteiger partial charge in [0.25, 0.3) is 0 Å². The number of amides is 1. The van der Waals surface area contributed by atoms with E-state index in [1.165, 1.54) is 32.1 Å². The molecule has 1 aliphatic carbocycles. The second-order valence-corrected chi connectivity index (χ2v) is 6.38. The highest BCUT2D eigenvalue weighted by Gasteiger charge is 2.29. The average molecular weight is 318 g/mol. The van der Waals surface area contributed by atoms with Crippen LogP contribution in [0.3, 0.4) is 0 Å². The second-order valence-electron chi connectivity index (χ2n) is 5.73. The molecule has 0 N–H and O–H groups in total. The van der Waals surface area contributed by atoms with E-state index in [0.717, 1.165) is 24.8 Å². The summed E-state index contributed by atoms with van der Waals surface area (Å²) in [6, 6.07) is 0. The van der Waals surface area contributed by atoms with Crippen molar-refractivity contribution in [1.29, 1.82) is 0 Å². The van der Waals surface area contributed by atoms with Gasteiger partial charge >= 0.3 is 0 Å². The zero-order valence-electron chi connectivity index (χ0n) is 11.2. The van der Waals surface area contributed by atoms with E-state index < -0.39 is 0 Å². The molecule has 0 aromatic heterocycles. The maximum Gasteiger partial charge on any atom is 0.223 e. The second kappa shape index (κ2) is 6.90. The normalized spacial score (nSPS) is 30.4. The molecule has 0 bridgehead atoms. The first-order chi connectivity index (χ1) is 8.69. The third kappa shape index (κ3) is 3.95. The number of rotatable bonds is 3. The van der Waals surface area contributed by atoms with Crippen LogP contribution in [0.5, 0.6) is 0 Å². The smallest absolute Gasteiger partial charge is 0.223 e. The number of halogens is 1. The highest BCUT2D eigenvalue weighted by Crippen LogP contribution is 2.27. The monoisotopic (exact) mass is 317 g/mol. The molecule has 1 amide bonds. The molecule has 0 radical (unpaired) electrons. The van der Waals surface area contributed by atoms with Gasteiger partial charge in [0.1, 0.15) is 0 Å². The first-order valence-corrected chi connectivity index (χ1v) is 8.30. The fraction of sp³-hybridized carbons (Fsp3) is 0.929. The van der Waals surface area contributed by atoms with Gasteiger partial charge in [0.2, 0.25) is 5.91 Å². The Kier molecular flexibility index (Phi) is 5.49. The van der Waals surface area contributed by atoms with Crippen molar-refractivity contribution in [2.45, 2.75) is 57.7 Å². The average Bonchev–Trinajstić information content (AvgIpc) is 2.39. The largest absolute Gasteiger partial charge is 0.371 e. The van der Waals surface area contributed by atoms with Crippen LogP contribution in [0.1, 0.15) is 45.4 Å². The van der Waals surface area contributed by atoms with Gasteiger partial charge in [-0.05, 0) is 25.7 Å². The number of morpholine rings is 1. The van der Waals surface area contributed by atoms with Gasteiger partial charge in [-0.3, -0.25) is 4.79 Å². The molecule has 2 unspecified atom stereocenters. The van der Waals surface area contributed by atoms with E-state index in [9.17, 15) is 4.79 Å². The Morgan fingerprint density at radius 2 is 2.00 bits per heavy atom. The Morgan fingerprint density at radius 1 is 1.28 bits per heavy atom. The minimum absolute atomic E-state index is 0.157. The Morgan fingerprint density at radius 3 is 2.67 bits per heavy atom. The van der Waals surface area contributed by atoms with Gasteiger partial charge in [0.05, 0.1) is 12.2 Å². The summed E-state index contributed by atoms with van der Waals surface area (Å²) in [6.07, 6.45) is 7.53. The predicted octanol–water partition coefficient (Wildman–Crippen LogP) is 2.97. The standard InChI is InChI=1S/C14H24BrNO2/c1-11-9-16(10-13(8-15)18-11)14(17)7-12-5-3-2-4-6-12/h11-13H,2-10H2,1H3. The molecule has 2 atom stereocenters. The van der Waals surface area contributed by atoms with Crippen molar-refractivity contribution in [3.05, 3.63) is 0 Å². The summed E-state index contributed by atoms with van der Waals surface area (Å²) in [5.74, 6) is 0.967. The number of alkyl halides is 1. The number of nitrogens with zero attached hydrogens (tertiary/aromatic N) is 1. The van der Waals surface area contributed by atoms with Crippen molar-refractivity contribution in [2.24, 2.45) is 5.92 Å². The number of hydrogen-bond donors (Lipinski definition) is 0. The number of carbonyl (C=O) groups is 1. The number of ether oxygens (including phenoxy) is 1. The molecule has 104 valence electrons. The van der Waals surface area contributed by atoms with E-state index in [1.54, 1.807) is 0 Å². The van der Waals surface area contributed by atoms with E-state index in [0.29, 0.717) is 11.8 Å². The van der Waals surface area contributed by atoms with E-state index in [-0.39, 0.29) is 12.2 Å². The van der Waals surface area contributed by atoms with Gasteiger partial charge < -0.3 is 9.64 Å². The van der Waals surface area contributed by atoms with Gasteiger partial charge in [-0.25, -0.2) is 0 Å². The van der Waals surface area contributed by atoms with Crippen LogP contribution < -0.4 is 0 Å². The minimum atomic E-state index is 0.157. The van der Waals surface area contributed by atoms with E-state index in [2.05, 4.69) is 22.9 Å². The Bertz CT molecular complexity index is 279. The molecule has 1 saturated carbocycles. The molecule has 4 heteroatoms. The Balaban J connectivity index is 1.83. The summed E-state index contributed by atoms with van der Waals surface area (Å²) in [7, 11) is 0. The van der Waals surface area contributed by atoms with Crippen LogP contribution in [0, 0.1) is 5.92 Å². The maximum atomic E-state index is 12.3. The zero-order valence-corrected chi connectivity index (χ0v) is 12.8. The van der Waals surface area contributed by atoms with E-state index in [1.807, 2.05) is 4.90 Å². The van der Waals surface area contributed by atoms with Crippen LogP contribution in [-0.4, -0.2) is 41.4 Å². The van der Waals surface area contributed by atoms with Gasteiger partial charge in [-0.1, -0.05) is 35.2 Å². The topological polar surface area (TPSA) is 29.5 Å². The van der Waals surface area contributed by atoms with Crippen molar-refractivity contribution < 1.29 is 9.53 Å². The summed E-state index contributed by atoms with van der Waals surface area (Å²) in [4.78, 5) is 14.3. The quantitative estimate of drug-likeness (QED) is 0.749. The lowest BCUT2D eigenvalue weighted by molar-refractivity contribution is -0.144. The molecule has 1 aliphatic heterocycles. The molecule has 1 saturated heterocycles. The Hall–Kier alpha value is -0.0900. The number of carbonyl (C=O) groups excluding carboxylic acids is 1. The predicted molar refractivity (Wildman–Crippen MR) is 75.9 cm³/mol. The van der Waals surface area contributed by atoms with Crippen LogP contribution in [-0.2, 0) is 9.53 Å². The van der Waals surface area contributed by atoms with Gasteiger partial charge in [-0.2, -0.15) is 0 Å². The minimum Gasteiger partial charge on any atom is -0.371 e. The highest BCUT2D eigenvalue weighted by molar-refractivity contribution is 9.09. The highest BCUT2D eigenvalue weighted by atomic mass is 79.9. The van der Waals surface area contributed by atoms with Gasteiger partial charge in [0.15, 0.2) is 0 Å². The number of hydrogen-bond acceptors (Lipinski definition) is 2. The summed E-state index contributed by atoms with van der Waals surface area (Å²) < 4.78 is 5.77. The molecule has 0 aromatic carbocycles. The van der Waals surface area contributed by atoms with Crippen LogP contribution in [0.4, 0.5) is 0 Å². The first-order valence-electron chi connectivity index (χ1n) is 7.18. The molecular formula is C14H24BrNO2. The summed E-state index contributed by atoms with van der Waals surface area (Å²) >= 11 is 3.45. The van der Waals surface area contributed by atoms with Crippen molar-refractivity contribution in [3.63, 3.8) is 0 Å². The molecular weight excluding hydrogens is 294 g/mol. The van der Waals surface area contributed by atoms with Crippen molar-refractivity contribution in [2.75, 3.05) is 18.4 Å². The summed E-state index contributed by atoms with van der Waals surface area (Å²) in [5, 5.41) is 0.810. The molecule has 1 heterocycles. The van der Waals surface area contributed by atoms with Crippen LogP contribution in [0.15, 0.2) is 0 Å². The molecule has 0 spiro atoms. The summed E-state index contributed by atoms with van der Waals surface area (Å²) in [5.41, 5.74) is 0. The van der Waals surface area contributed by atoms with Gasteiger partial charge in [-0.15, -0.1) is 0 Å². The molecule has 0 aromatic rings. The van der Waals surface area contributed by atoms with Crippen molar-refractivity contribution >= 4 is 21.8 Å². The van der Waals surface area contributed by atoms with Crippen LogP contribution in [0.25, 0.3) is 0 Å². The molecule has 2 fully saturated rings. The zero-order chi connectivity index (χ0) is 13.0. The fourth-order valence-electron chi connectivity index (χ4n) is 3.10. The fourth-order valence-corrected chi connectivity index (χ4v) is 3.46. The third-order valence-corrected chi connectivity index (χ3v) is 4.76. The summed E-state index contributed by atoms with van der Waals surface area (Å²) in [6.45, 7) is 3.56. The lowest BCUT2D eigenvalue weighted by atomic mass is 9.86. The SMILES string of the molecule is CC1CN(C(=O)CC2CCCCC2)CC(CBr)O1. The molecule has 2 rings (SSSR count). The maximum absolute atomic E-state index is 12.3. The third-order valence-electron chi connectivity index (χ3n) is 4.04. The lowest BCUT2D eigenvalue weighted by Crippen LogP contribution is -2.50. The molecule has 3 nitrogen and oxygen atoms in total. The van der Waals surface area contributed by atoms with Crippen LogP contribution >= 0.6 is 15.9 Å². The lowest BCUT2D eigenvalue weighted by Gasteiger charge is -2.37. The van der Waals surface area contributed by atoms with Crippen LogP contribution in [0.2, 0.25) is 0 Å². The first kappa shape index (κ1) is 14.3. The van der Waals surface area contributed by atoms with Crippen molar-refractivity contribution in [3.8, 4) is 0 Å². The Labute approximate surface area is 118 Å². The molecule has 2 aliphatic rings. The van der Waals surface area contributed by atoms with E-state index >= 15 is 0 Å². The van der Waals surface area contributed by atoms with Crippen molar-refractivity contribution in [1.82, 2.24) is 4.90 Å². The van der Waals surface area contributed by atoms with Gasteiger partial charge in [0, 0.05) is 24.8 Å². The molecule has 18 heavy (non-hydrogen) atoms.